The number of carboxylic acid groups (broad SMARTS) is 1. The highest BCUT2D eigenvalue weighted by Gasteiger charge is 2.32. The molecule has 0 fully saturated rings. The van der Waals surface area contributed by atoms with Gasteiger partial charge in [-0.25, -0.2) is 0 Å². The zero-order chi connectivity index (χ0) is 26.7. The lowest BCUT2D eigenvalue weighted by atomic mass is 9.67. The Labute approximate surface area is 207 Å². The van der Waals surface area contributed by atoms with Crippen molar-refractivity contribution in [1.29, 1.82) is 0 Å². The largest absolute Gasteiger partial charge is 0.481 e. The molecule has 0 heterocycles. The van der Waals surface area contributed by atoms with Crippen molar-refractivity contribution < 1.29 is 19.8 Å². The first-order chi connectivity index (χ1) is 16.2. The maximum Gasteiger partial charge on any atom is 0.306 e. The lowest BCUT2D eigenvalue weighted by Gasteiger charge is -2.38. The molecule has 0 spiro atoms. The van der Waals surface area contributed by atoms with Gasteiger partial charge in [0, 0.05) is 5.18 Å². The van der Waals surface area contributed by atoms with Gasteiger partial charge in [0.15, 0.2) is 0 Å². The van der Waals surface area contributed by atoms with Gasteiger partial charge in [-0.3, -0.25) is 9.59 Å². The maximum atomic E-state index is 10.9. The van der Waals surface area contributed by atoms with Crippen molar-refractivity contribution in [1.82, 2.24) is 0 Å². The van der Waals surface area contributed by atoms with Crippen molar-refractivity contribution in [3.8, 4) is 12.8 Å². The van der Waals surface area contributed by atoms with Crippen LogP contribution < -0.4 is 0 Å². The number of aliphatic carboxylic acids is 1. The fourth-order valence-electron chi connectivity index (χ4n) is 4.30. The molecule has 0 bridgehead atoms. The third-order valence-corrected chi connectivity index (χ3v) is 6.49. The monoisotopic (exact) mass is 477 g/mol. The highest BCUT2D eigenvalue weighted by Crippen LogP contribution is 2.43. The lowest BCUT2D eigenvalue weighted by Crippen LogP contribution is -2.28. The van der Waals surface area contributed by atoms with Crippen LogP contribution in [0.15, 0.2) is 29.0 Å². The van der Waals surface area contributed by atoms with Crippen molar-refractivity contribution in [2.24, 2.45) is 34.8 Å². The molecule has 0 aromatic rings. The fourth-order valence-corrected chi connectivity index (χ4v) is 4.30. The van der Waals surface area contributed by atoms with Crippen molar-refractivity contribution in [2.75, 3.05) is 0 Å². The van der Waals surface area contributed by atoms with Gasteiger partial charge in [0.25, 0.3) is 5.91 Å². The van der Waals surface area contributed by atoms with E-state index in [0.29, 0.717) is 30.1 Å². The molecule has 6 heteroatoms. The van der Waals surface area contributed by atoms with E-state index < -0.39 is 18.0 Å². The number of hydrogen-bond donors (Lipinski definition) is 2. The topological polar surface area (TPSA) is 104 Å². The minimum absolute atomic E-state index is 0.139. The Bertz CT molecular complexity index is 667. The van der Waals surface area contributed by atoms with Gasteiger partial charge in [0.2, 0.25) is 0 Å². The Morgan fingerprint density at radius 2 is 1.79 bits per heavy atom. The highest BCUT2D eigenvalue weighted by atomic mass is 16.4. The summed E-state index contributed by atoms with van der Waals surface area (Å²) < 4.78 is 0. The molecule has 2 N–H and O–H groups in total. The van der Waals surface area contributed by atoms with Crippen molar-refractivity contribution in [2.45, 2.75) is 99.0 Å². The van der Waals surface area contributed by atoms with Crippen LogP contribution in [0.4, 0.5) is 0 Å². The smallest absolute Gasteiger partial charge is 0.306 e. The first-order valence-electron chi connectivity index (χ1n) is 12.7. The molecule has 2 rings (SSSR count). The standard InChI is InChI=1S/C19H29NO3.C5H10O2.C2H6.C2H2/c1-13-7-10-18-15(11-13)9-8-14(2)17(18)6-4-3-5-16(21)12-19(22)20-23;1-3-4(2)5(6)7;2*1-2/h8-9,11,13-14,16-18,21H,3-7,10,12H2,1-2H3;4H,3H2,1-2H3,(H,6,7);1-2H3;1-2H/t13-,14+,16-,17+,18?;;;/m1.../s1. The van der Waals surface area contributed by atoms with Crippen LogP contribution in [0.3, 0.4) is 0 Å². The number of carbonyl (C=O) groups is 2. The van der Waals surface area contributed by atoms with E-state index in [-0.39, 0.29) is 12.3 Å². The van der Waals surface area contributed by atoms with E-state index in [4.69, 9.17) is 5.11 Å². The number of amides is 1. The van der Waals surface area contributed by atoms with Crippen LogP contribution in [0, 0.1) is 47.3 Å². The number of unbranched alkanes of at least 4 members (excludes halogenated alkanes) is 1. The molecule has 0 aliphatic heterocycles. The molecule has 2 aliphatic carbocycles. The predicted molar refractivity (Wildman–Crippen MR) is 140 cm³/mol. The average molecular weight is 478 g/mol. The van der Waals surface area contributed by atoms with Crippen LogP contribution >= 0.6 is 0 Å². The van der Waals surface area contributed by atoms with Crippen LogP contribution in [-0.4, -0.2) is 28.2 Å². The Morgan fingerprint density at radius 1 is 1.18 bits per heavy atom. The van der Waals surface area contributed by atoms with Crippen molar-refractivity contribution in [3.05, 3.63) is 28.7 Å². The fraction of sp³-hybridized carbons (Fsp3) is 0.714. The number of aliphatic hydroxyl groups is 1. The van der Waals surface area contributed by atoms with Gasteiger partial charge in [-0.1, -0.05) is 72.6 Å². The summed E-state index contributed by atoms with van der Waals surface area (Å²) in [5, 5.41) is 20.2. The lowest BCUT2D eigenvalue weighted by molar-refractivity contribution is -0.141. The Hall–Kier alpha value is -2.26. The third kappa shape index (κ3) is 13.4. The summed E-state index contributed by atoms with van der Waals surface area (Å²) in [4.78, 5) is 30.9. The summed E-state index contributed by atoms with van der Waals surface area (Å²) in [7, 11) is 0. The van der Waals surface area contributed by atoms with Crippen LogP contribution in [0.2, 0.25) is 0 Å². The molecular formula is C28H47NO5. The molecule has 0 radical (unpaired) electrons. The van der Waals surface area contributed by atoms with E-state index in [9.17, 15) is 19.6 Å². The number of carboxylic acids is 1. The van der Waals surface area contributed by atoms with E-state index in [1.807, 2.05) is 20.8 Å². The Morgan fingerprint density at radius 3 is 2.29 bits per heavy atom. The molecule has 194 valence electrons. The molecule has 2 unspecified atom stereocenters. The van der Waals surface area contributed by atoms with E-state index in [1.165, 1.54) is 18.4 Å². The summed E-state index contributed by atoms with van der Waals surface area (Å²) in [6.07, 6.45) is 21.2. The second-order valence-corrected chi connectivity index (χ2v) is 8.98. The van der Waals surface area contributed by atoms with Crippen LogP contribution in [0.5, 0.6) is 0 Å². The molecule has 6 nitrogen and oxygen atoms in total. The van der Waals surface area contributed by atoms with Crippen molar-refractivity contribution >= 4 is 11.9 Å². The third-order valence-electron chi connectivity index (χ3n) is 6.49. The van der Waals surface area contributed by atoms with Gasteiger partial charge in [-0.2, -0.15) is 0 Å². The van der Waals surface area contributed by atoms with Gasteiger partial charge in [0.05, 0.1) is 18.4 Å². The summed E-state index contributed by atoms with van der Waals surface area (Å²) in [6, 6.07) is 0. The number of rotatable bonds is 9. The normalized spacial score (nSPS) is 24.1. The quantitative estimate of drug-likeness (QED) is 0.216. The minimum atomic E-state index is -0.755. The maximum absolute atomic E-state index is 10.9. The molecule has 34 heavy (non-hydrogen) atoms. The molecule has 2 aliphatic rings. The van der Waals surface area contributed by atoms with E-state index in [1.54, 1.807) is 6.92 Å². The average Bonchev–Trinajstić information content (AvgIpc) is 2.85. The van der Waals surface area contributed by atoms with Gasteiger partial charge in [-0.15, -0.1) is 17.8 Å². The highest BCUT2D eigenvalue weighted by molar-refractivity contribution is 5.76. The Kier molecular flexibility index (Phi) is 20.1. The molecule has 1 amide bonds. The molecular weight excluding hydrogens is 430 g/mol. The Balaban J connectivity index is 0. The first-order valence-corrected chi connectivity index (χ1v) is 12.7. The number of nitroso groups, excluding NO2 is 1. The van der Waals surface area contributed by atoms with Crippen LogP contribution in [0.1, 0.15) is 92.9 Å². The van der Waals surface area contributed by atoms with Crippen molar-refractivity contribution in [3.63, 3.8) is 0 Å². The van der Waals surface area contributed by atoms with Gasteiger partial charge >= 0.3 is 5.97 Å². The minimum Gasteiger partial charge on any atom is -0.481 e. The summed E-state index contributed by atoms with van der Waals surface area (Å²) in [6.45, 7) is 12.2. The SMILES string of the molecule is C#C.CC.CCC(C)C(=O)O.C[C@H]1C=C2C=C[C@H](C)[C@H](CCCC[C@@H](O)CC(=O)N=O)C2CC1. The molecule has 0 saturated carbocycles. The van der Waals surface area contributed by atoms with Crippen LogP contribution in [0.25, 0.3) is 0 Å². The molecule has 0 aromatic carbocycles. The number of nitrogens with zero attached hydrogens (tertiary/aromatic N) is 1. The second-order valence-electron chi connectivity index (χ2n) is 8.98. The molecule has 6 atom stereocenters. The zero-order valence-electron chi connectivity index (χ0n) is 22.1. The van der Waals surface area contributed by atoms with Crippen LogP contribution in [-0.2, 0) is 9.59 Å². The van der Waals surface area contributed by atoms with Gasteiger partial charge in [0.1, 0.15) is 0 Å². The number of terminal acetylenes is 1. The summed E-state index contributed by atoms with van der Waals surface area (Å²) in [5.74, 6) is 1.04. The number of fused-ring (bicyclic) bond motifs is 1. The molecule has 0 aromatic heterocycles. The second kappa shape index (κ2) is 20.1. The number of carbonyl (C=O) groups excluding carboxylic acids is 1. The number of aliphatic hydroxyl groups excluding tert-OH is 1. The van der Waals surface area contributed by atoms with E-state index in [2.05, 4.69) is 50.1 Å². The summed E-state index contributed by atoms with van der Waals surface area (Å²) >= 11 is 0. The number of hydrogen-bond acceptors (Lipinski definition) is 4. The zero-order valence-corrected chi connectivity index (χ0v) is 22.1. The van der Waals surface area contributed by atoms with Gasteiger partial charge < -0.3 is 10.2 Å². The molecule has 0 saturated heterocycles. The summed E-state index contributed by atoms with van der Waals surface area (Å²) in [5.41, 5.74) is 1.52. The van der Waals surface area contributed by atoms with E-state index in [0.717, 1.165) is 25.7 Å². The predicted octanol–water partition coefficient (Wildman–Crippen LogP) is 6.78. The first kappa shape index (κ1) is 33.9. The van der Waals surface area contributed by atoms with Gasteiger partial charge in [-0.05, 0) is 61.3 Å². The van der Waals surface area contributed by atoms with E-state index >= 15 is 0 Å². The number of allylic oxidation sites excluding steroid dienone is 4.